The van der Waals surface area contributed by atoms with Gasteiger partial charge < -0.3 is 15.7 Å². The molecule has 1 aromatic heterocycles. The Balaban J connectivity index is 1.88. The molecular weight excluding hydrogens is 317 g/mol. The molecule has 0 aliphatic heterocycles. The van der Waals surface area contributed by atoms with Gasteiger partial charge in [0, 0.05) is 23.2 Å². The van der Waals surface area contributed by atoms with E-state index in [9.17, 15) is 14.3 Å². The molecule has 0 saturated carbocycles. The van der Waals surface area contributed by atoms with E-state index in [1.54, 1.807) is 12.1 Å². The first-order valence-corrected chi connectivity index (χ1v) is 8.28. The van der Waals surface area contributed by atoms with Gasteiger partial charge in [0.05, 0.1) is 12.1 Å². The van der Waals surface area contributed by atoms with Crippen LogP contribution >= 0.6 is 11.3 Å². The quantitative estimate of drug-likeness (QED) is 0.758. The summed E-state index contributed by atoms with van der Waals surface area (Å²) in [5.41, 5.74) is 1.08. The Morgan fingerprint density at radius 2 is 2.17 bits per heavy atom. The van der Waals surface area contributed by atoms with Crippen LogP contribution in [0.5, 0.6) is 0 Å². The molecule has 23 heavy (non-hydrogen) atoms. The van der Waals surface area contributed by atoms with Crippen LogP contribution in [0.1, 0.15) is 41.8 Å². The molecule has 2 aromatic rings. The summed E-state index contributed by atoms with van der Waals surface area (Å²) in [7, 11) is 0. The summed E-state index contributed by atoms with van der Waals surface area (Å²) < 4.78 is 13.6. The minimum atomic E-state index is -1.09. The summed E-state index contributed by atoms with van der Waals surface area (Å²) in [5.74, 6) is -0.494. The molecule has 2 atom stereocenters. The molecule has 2 rings (SSSR count). The molecule has 0 radical (unpaired) electrons. The standard InChI is InChI=1S/C16H20FN3O2S/c1-3-13(15-19-10(2)9-23-15)20-16(22)18-8-14(21)11-6-4-5-7-12(11)17/h4-7,9,13-14,21H,3,8H2,1-2H3,(H2,18,20,22). The Kier molecular flexibility index (Phi) is 6.06. The second kappa shape index (κ2) is 8.03. The molecule has 124 valence electrons. The van der Waals surface area contributed by atoms with Gasteiger partial charge in [-0.3, -0.25) is 0 Å². The van der Waals surface area contributed by atoms with Crippen molar-refractivity contribution in [2.45, 2.75) is 32.4 Å². The fourth-order valence-electron chi connectivity index (χ4n) is 2.12. The Labute approximate surface area is 138 Å². The number of aliphatic hydroxyl groups excluding tert-OH is 1. The van der Waals surface area contributed by atoms with Crippen molar-refractivity contribution in [3.05, 3.63) is 51.7 Å². The third kappa shape index (κ3) is 4.74. The minimum Gasteiger partial charge on any atom is -0.386 e. The van der Waals surface area contributed by atoms with Crippen LogP contribution in [-0.4, -0.2) is 22.7 Å². The molecule has 0 fully saturated rings. The van der Waals surface area contributed by atoms with E-state index in [1.165, 1.54) is 23.5 Å². The number of nitrogens with zero attached hydrogens (tertiary/aromatic N) is 1. The number of rotatable bonds is 6. The summed E-state index contributed by atoms with van der Waals surface area (Å²) in [4.78, 5) is 16.3. The smallest absolute Gasteiger partial charge is 0.315 e. The number of hydrogen-bond donors (Lipinski definition) is 3. The van der Waals surface area contributed by atoms with E-state index in [4.69, 9.17) is 0 Å². The molecular formula is C16H20FN3O2S. The monoisotopic (exact) mass is 337 g/mol. The molecule has 2 unspecified atom stereocenters. The molecule has 1 heterocycles. The molecule has 7 heteroatoms. The zero-order valence-corrected chi connectivity index (χ0v) is 13.9. The molecule has 2 amide bonds. The van der Waals surface area contributed by atoms with Crippen LogP contribution in [-0.2, 0) is 0 Å². The third-order valence-electron chi connectivity index (χ3n) is 3.37. The Morgan fingerprint density at radius 3 is 2.78 bits per heavy atom. The molecule has 1 aromatic carbocycles. The maximum Gasteiger partial charge on any atom is 0.315 e. The van der Waals surface area contributed by atoms with Crippen LogP contribution in [0.4, 0.5) is 9.18 Å². The molecule has 0 spiro atoms. The summed E-state index contributed by atoms with van der Waals surface area (Å²) in [6.07, 6.45) is -0.389. The number of nitrogens with one attached hydrogen (secondary N) is 2. The van der Waals surface area contributed by atoms with Crippen molar-refractivity contribution in [1.29, 1.82) is 0 Å². The lowest BCUT2D eigenvalue weighted by Crippen LogP contribution is -2.39. The third-order valence-corrected chi connectivity index (χ3v) is 4.44. The van der Waals surface area contributed by atoms with Gasteiger partial charge in [-0.1, -0.05) is 25.1 Å². The molecule has 0 aliphatic carbocycles. The number of amides is 2. The lowest BCUT2D eigenvalue weighted by atomic mass is 10.1. The van der Waals surface area contributed by atoms with Gasteiger partial charge in [-0.2, -0.15) is 0 Å². The van der Waals surface area contributed by atoms with Crippen LogP contribution in [0.15, 0.2) is 29.6 Å². The van der Waals surface area contributed by atoms with Crippen LogP contribution in [0, 0.1) is 12.7 Å². The molecule has 0 bridgehead atoms. The lowest BCUT2D eigenvalue weighted by molar-refractivity contribution is 0.168. The number of aryl methyl sites for hydroxylation is 1. The molecule has 0 aliphatic rings. The highest BCUT2D eigenvalue weighted by Crippen LogP contribution is 2.20. The first-order valence-electron chi connectivity index (χ1n) is 7.40. The van der Waals surface area contributed by atoms with E-state index in [1.807, 2.05) is 19.2 Å². The average Bonchev–Trinajstić information content (AvgIpc) is 2.97. The van der Waals surface area contributed by atoms with Gasteiger partial charge in [0.1, 0.15) is 10.8 Å². The molecule has 0 saturated heterocycles. The van der Waals surface area contributed by atoms with Crippen molar-refractivity contribution in [3.8, 4) is 0 Å². The number of hydrogen-bond acceptors (Lipinski definition) is 4. The number of benzene rings is 1. The van der Waals surface area contributed by atoms with Crippen LogP contribution in [0.25, 0.3) is 0 Å². The van der Waals surface area contributed by atoms with Crippen molar-refractivity contribution in [1.82, 2.24) is 15.6 Å². The van der Waals surface area contributed by atoms with E-state index in [0.29, 0.717) is 6.42 Å². The summed E-state index contributed by atoms with van der Waals surface area (Å²) in [6, 6.07) is 5.36. The molecule has 5 nitrogen and oxygen atoms in total. The van der Waals surface area contributed by atoms with Crippen LogP contribution in [0.2, 0.25) is 0 Å². The zero-order valence-electron chi connectivity index (χ0n) is 13.0. The van der Waals surface area contributed by atoms with E-state index in [0.717, 1.165) is 10.7 Å². The predicted molar refractivity (Wildman–Crippen MR) is 87.8 cm³/mol. The van der Waals surface area contributed by atoms with E-state index in [-0.39, 0.29) is 18.2 Å². The Bertz CT molecular complexity index is 662. The summed E-state index contributed by atoms with van der Waals surface area (Å²) in [5, 5.41) is 18.1. The van der Waals surface area contributed by atoms with Crippen molar-refractivity contribution >= 4 is 17.4 Å². The minimum absolute atomic E-state index is 0.0693. The van der Waals surface area contributed by atoms with E-state index >= 15 is 0 Å². The number of carbonyl (C=O) groups is 1. The van der Waals surface area contributed by atoms with E-state index in [2.05, 4.69) is 15.6 Å². The second-order valence-electron chi connectivity index (χ2n) is 5.18. The van der Waals surface area contributed by atoms with Crippen LogP contribution in [0.3, 0.4) is 0 Å². The largest absolute Gasteiger partial charge is 0.386 e. The van der Waals surface area contributed by atoms with Gasteiger partial charge in [0.2, 0.25) is 0 Å². The number of halogens is 1. The Hall–Kier alpha value is -1.99. The number of aliphatic hydroxyl groups is 1. The second-order valence-corrected chi connectivity index (χ2v) is 6.07. The number of aromatic nitrogens is 1. The first kappa shape index (κ1) is 17.4. The lowest BCUT2D eigenvalue weighted by Gasteiger charge is -2.17. The summed E-state index contributed by atoms with van der Waals surface area (Å²) in [6.45, 7) is 3.79. The average molecular weight is 337 g/mol. The van der Waals surface area contributed by atoms with Gasteiger partial charge in [0.25, 0.3) is 0 Å². The van der Waals surface area contributed by atoms with Crippen LogP contribution < -0.4 is 10.6 Å². The fraction of sp³-hybridized carbons (Fsp3) is 0.375. The maximum atomic E-state index is 13.6. The maximum absolute atomic E-state index is 13.6. The normalized spacial score (nSPS) is 13.4. The highest BCUT2D eigenvalue weighted by Gasteiger charge is 2.17. The highest BCUT2D eigenvalue weighted by atomic mass is 32.1. The van der Waals surface area contributed by atoms with E-state index < -0.39 is 18.0 Å². The molecule has 3 N–H and O–H groups in total. The van der Waals surface area contributed by atoms with Crippen molar-refractivity contribution in [3.63, 3.8) is 0 Å². The topological polar surface area (TPSA) is 74.2 Å². The number of carbonyl (C=O) groups excluding carboxylic acids is 1. The Morgan fingerprint density at radius 1 is 1.43 bits per heavy atom. The van der Waals surface area contributed by atoms with Crippen molar-refractivity contribution in [2.75, 3.05) is 6.54 Å². The van der Waals surface area contributed by atoms with Crippen molar-refractivity contribution in [2.24, 2.45) is 0 Å². The first-order chi connectivity index (χ1) is 11.0. The number of urea groups is 1. The van der Waals surface area contributed by atoms with Gasteiger partial charge in [0.15, 0.2) is 0 Å². The fourth-order valence-corrected chi connectivity index (χ4v) is 3.06. The highest BCUT2D eigenvalue weighted by molar-refractivity contribution is 7.09. The van der Waals surface area contributed by atoms with Crippen molar-refractivity contribution < 1.29 is 14.3 Å². The van der Waals surface area contributed by atoms with Gasteiger partial charge in [-0.15, -0.1) is 11.3 Å². The van der Waals surface area contributed by atoms with Gasteiger partial charge >= 0.3 is 6.03 Å². The number of thiazole rings is 1. The predicted octanol–water partition coefficient (Wildman–Crippen LogP) is 3.07. The van der Waals surface area contributed by atoms with Gasteiger partial charge in [-0.25, -0.2) is 14.2 Å². The SMILES string of the molecule is CCC(NC(=O)NCC(O)c1ccccc1F)c1nc(C)cs1. The zero-order chi connectivity index (χ0) is 16.8. The summed E-state index contributed by atoms with van der Waals surface area (Å²) >= 11 is 1.49. The van der Waals surface area contributed by atoms with Gasteiger partial charge in [-0.05, 0) is 19.4 Å².